The standard InChI is InChI=1S/C4H7ClN2O3/c1-2-10-4(9)7(6)3(5)8/h2,6H2,1H3. The summed E-state index contributed by atoms with van der Waals surface area (Å²) in [4.78, 5) is 20.6. The van der Waals surface area contributed by atoms with Crippen LogP contribution in [0, 0.1) is 0 Å². The van der Waals surface area contributed by atoms with Crippen LogP contribution in [0.4, 0.5) is 9.59 Å². The lowest BCUT2D eigenvalue weighted by molar-refractivity contribution is 0.120. The van der Waals surface area contributed by atoms with Crippen LogP contribution >= 0.6 is 11.6 Å². The maximum Gasteiger partial charge on any atom is 0.432 e. The summed E-state index contributed by atoms with van der Waals surface area (Å²) in [6.45, 7) is 1.74. The van der Waals surface area contributed by atoms with E-state index in [1.165, 1.54) is 0 Å². The zero-order chi connectivity index (χ0) is 8.15. The van der Waals surface area contributed by atoms with Crippen molar-refractivity contribution in [3.63, 3.8) is 0 Å². The average Bonchev–Trinajstić information content (AvgIpc) is 1.87. The maximum absolute atomic E-state index is 10.5. The minimum atomic E-state index is -1.07. The van der Waals surface area contributed by atoms with Gasteiger partial charge in [-0.3, -0.25) is 4.79 Å². The normalized spacial score (nSPS) is 8.70. The molecule has 0 aliphatic heterocycles. The number of halogens is 1. The van der Waals surface area contributed by atoms with Gasteiger partial charge in [-0.25, -0.2) is 10.6 Å². The summed E-state index contributed by atoms with van der Waals surface area (Å²) < 4.78 is 4.32. The highest BCUT2D eigenvalue weighted by Crippen LogP contribution is 1.92. The van der Waals surface area contributed by atoms with E-state index in [4.69, 9.17) is 17.4 Å². The monoisotopic (exact) mass is 166 g/mol. The van der Waals surface area contributed by atoms with Gasteiger partial charge in [0.25, 0.3) is 0 Å². The maximum atomic E-state index is 10.5. The van der Waals surface area contributed by atoms with Gasteiger partial charge in [-0.2, -0.15) is 5.01 Å². The Morgan fingerprint density at radius 1 is 1.70 bits per heavy atom. The predicted octanol–water partition coefficient (Wildman–Crippen LogP) is 0.677. The average molecular weight is 167 g/mol. The van der Waals surface area contributed by atoms with Crippen LogP contribution in [-0.4, -0.2) is 23.1 Å². The van der Waals surface area contributed by atoms with E-state index in [9.17, 15) is 9.59 Å². The molecule has 0 rings (SSSR count). The fraction of sp³-hybridized carbons (Fsp3) is 0.500. The summed E-state index contributed by atoms with van der Waals surface area (Å²) in [5.41, 5.74) is 0. The molecule has 0 heterocycles. The van der Waals surface area contributed by atoms with Crippen LogP contribution in [0.15, 0.2) is 0 Å². The first-order valence-corrected chi connectivity index (χ1v) is 2.88. The zero-order valence-corrected chi connectivity index (χ0v) is 6.09. The number of rotatable bonds is 1. The lowest BCUT2D eigenvalue weighted by Crippen LogP contribution is -2.39. The van der Waals surface area contributed by atoms with Crippen molar-refractivity contribution in [1.29, 1.82) is 0 Å². The van der Waals surface area contributed by atoms with Crippen LogP contribution in [0.1, 0.15) is 6.92 Å². The molecule has 0 spiro atoms. The number of amides is 2. The van der Waals surface area contributed by atoms with E-state index in [0.717, 1.165) is 0 Å². The molecule has 2 N–H and O–H groups in total. The topological polar surface area (TPSA) is 72.6 Å². The molecule has 0 aliphatic carbocycles. The second kappa shape index (κ2) is 4.08. The number of nitrogens with two attached hydrogens (primary N) is 1. The van der Waals surface area contributed by atoms with Gasteiger partial charge in [0.2, 0.25) is 0 Å². The van der Waals surface area contributed by atoms with Gasteiger partial charge in [0.15, 0.2) is 0 Å². The highest BCUT2D eigenvalue weighted by atomic mass is 35.5. The number of hydrogen-bond acceptors (Lipinski definition) is 4. The first-order chi connectivity index (χ1) is 4.59. The van der Waals surface area contributed by atoms with Crippen molar-refractivity contribution in [2.45, 2.75) is 6.92 Å². The van der Waals surface area contributed by atoms with E-state index in [1.807, 2.05) is 0 Å². The van der Waals surface area contributed by atoms with Crippen molar-refractivity contribution in [1.82, 2.24) is 5.01 Å². The fourth-order valence-electron chi connectivity index (χ4n) is 0.265. The quantitative estimate of drug-likeness (QED) is 0.204. The van der Waals surface area contributed by atoms with Gasteiger partial charge in [0.05, 0.1) is 6.61 Å². The summed E-state index contributed by atoms with van der Waals surface area (Å²) in [5, 5.41) is -0.885. The van der Waals surface area contributed by atoms with E-state index in [-0.39, 0.29) is 11.6 Å². The summed E-state index contributed by atoms with van der Waals surface area (Å²) in [7, 11) is 0. The largest absolute Gasteiger partial charge is 0.448 e. The second-order valence-electron chi connectivity index (χ2n) is 1.32. The van der Waals surface area contributed by atoms with Crippen LogP contribution < -0.4 is 5.84 Å². The van der Waals surface area contributed by atoms with Gasteiger partial charge in [0.1, 0.15) is 0 Å². The smallest absolute Gasteiger partial charge is 0.432 e. The highest BCUT2D eigenvalue weighted by molar-refractivity contribution is 6.63. The van der Waals surface area contributed by atoms with Crippen molar-refractivity contribution >= 4 is 23.1 Å². The van der Waals surface area contributed by atoms with E-state index >= 15 is 0 Å². The lowest BCUT2D eigenvalue weighted by atomic mass is 10.8. The van der Waals surface area contributed by atoms with Crippen LogP contribution in [0.25, 0.3) is 0 Å². The molecule has 0 bridgehead atoms. The molecule has 0 fully saturated rings. The molecular weight excluding hydrogens is 160 g/mol. The number of nitrogens with zero attached hydrogens (tertiary/aromatic N) is 1. The Balaban J connectivity index is 3.82. The van der Waals surface area contributed by atoms with Crippen LogP contribution in [0.5, 0.6) is 0 Å². The molecular formula is C4H7ClN2O3. The van der Waals surface area contributed by atoms with Crippen molar-refractivity contribution in [3.05, 3.63) is 0 Å². The Kier molecular flexibility index (Phi) is 3.75. The Morgan fingerprint density at radius 2 is 2.20 bits per heavy atom. The molecule has 0 aliphatic rings. The summed E-state index contributed by atoms with van der Waals surface area (Å²) in [6.07, 6.45) is -0.956. The number of hydrazine groups is 1. The van der Waals surface area contributed by atoms with Gasteiger partial charge in [0, 0.05) is 0 Å². The fourth-order valence-corrected chi connectivity index (χ4v) is 0.334. The van der Waals surface area contributed by atoms with Gasteiger partial charge in [-0.15, -0.1) is 0 Å². The molecule has 0 atom stereocenters. The van der Waals surface area contributed by atoms with Crippen molar-refractivity contribution in [2.75, 3.05) is 6.61 Å². The first-order valence-electron chi connectivity index (χ1n) is 2.50. The third-order valence-corrected chi connectivity index (χ3v) is 0.836. The molecule has 0 unspecified atom stereocenters. The number of hydrogen-bond donors (Lipinski definition) is 1. The SMILES string of the molecule is CCOC(=O)N(N)C(=O)Cl. The molecule has 2 amide bonds. The minimum Gasteiger partial charge on any atom is -0.448 e. The molecule has 5 nitrogen and oxygen atoms in total. The molecule has 0 aromatic rings. The van der Waals surface area contributed by atoms with Gasteiger partial charge in [-0.05, 0) is 18.5 Å². The zero-order valence-electron chi connectivity index (χ0n) is 5.33. The van der Waals surface area contributed by atoms with Gasteiger partial charge >= 0.3 is 11.5 Å². The molecule has 6 heteroatoms. The van der Waals surface area contributed by atoms with E-state index in [1.54, 1.807) is 6.92 Å². The van der Waals surface area contributed by atoms with Crippen molar-refractivity contribution < 1.29 is 14.3 Å². The lowest BCUT2D eigenvalue weighted by Gasteiger charge is -2.08. The number of imide groups is 1. The van der Waals surface area contributed by atoms with Crippen LogP contribution in [-0.2, 0) is 4.74 Å². The molecule has 0 aromatic heterocycles. The van der Waals surface area contributed by atoms with Crippen molar-refractivity contribution in [2.24, 2.45) is 5.84 Å². The highest BCUT2D eigenvalue weighted by Gasteiger charge is 2.15. The summed E-state index contributed by atoms with van der Waals surface area (Å²) in [6, 6.07) is 0. The predicted molar refractivity (Wildman–Crippen MR) is 34.3 cm³/mol. The third-order valence-electron chi connectivity index (χ3n) is 0.654. The van der Waals surface area contributed by atoms with Crippen LogP contribution in [0.3, 0.4) is 0 Å². The third kappa shape index (κ3) is 2.65. The molecule has 10 heavy (non-hydrogen) atoms. The number of ether oxygens (including phenoxy) is 1. The second-order valence-corrected chi connectivity index (χ2v) is 1.65. The molecule has 58 valence electrons. The summed E-state index contributed by atoms with van der Waals surface area (Å²) in [5.74, 6) is 4.82. The van der Waals surface area contributed by atoms with Gasteiger partial charge < -0.3 is 4.74 Å². The van der Waals surface area contributed by atoms with E-state index in [0.29, 0.717) is 0 Å². The Morgan fingerprint density at radius 3 is 2.50 bits per heavy atom. The molecule has 0 saturated carbocycles. The Hall–Kier alpha value is -0.810. The first kappa shape index (κ1) is 9.19. The van der Waals surface area contributed by atoms with Crippen LogP contribution in [0.2, 0.25) is 0 Å². The van der Waals surface area contributed by atoms with Gasteiger partial charge in [-0.1, -0.05) is 0 Å². The number of carbonyl (C=O) groups excluding carboxylic acids is 2. The molecule has 0 aromatic carbocycles. The Bertz CT molecular complexity index is 149. The van der Waals surface area contributed by atoms with E-state index in [2.05, 4.69) is 4.74 Å². The van der Waals surface area contributed by atoms with E-state index < -0.39 is 11.5 Å². The summed E-state index contributed by atoms with van der Waals surface area (Å²) >= 11 is 4.82. The molecule has 0 saturated heterocycles. The minimum absolute atomic E-state index is 0.150. The molecule has 0 radical (unpaired) electrons. The Labute approximate surface area is 62.6 Å². The van der Waals surface area contributed by atoms with Crippen molar-refractivity contribution in [3.8, 4) is 0 Å². The number of carbonyl (C=O) groups is 2.